The van der Waals surface area contributed by atoms with E-state index >= 15 is 0 Å². The maximum Gasteiger partial charge on any atom is 0.255 e. The zero-order valence-corrected chi connectivity index (χ0v) is 15.4. The number of methoxy groups -OCH3 is 1. The highest BCUT2D eigenvalue weighted by Gasteiger charge is 2.42. The summed E-state index contributed by atoms with van der Waals surface area (Å²) >= 11 is 0. The molecule has 1 heterocycles. The third kappa shape index (κ3) is 3.69. The molecule has 1 unspecified atom stereocenters. The highest BCUT2D eigenvalue weighted by atomic mass is 16.5. The fraction of sp³-hybridized carbons (Fsp3) is 0.286. The zero-order chi connectivity index (χ0) is 19.4. The number of rotatable bonds is 5. The molecule has 2 aromatic rings. The Morgan fingerprint density at radius 2 is 1.93 bits per heavy atom. The monoisotopic (exact) mass is 366 g/mol. The summed E-state index contributed by atoms with van der Waals surface area (Å²) in [6, 6.07) is 14.1. The van der Waals surface area contributed by atoms with E-state index in [1.165, 1.54) is 0 Å². The summed E-state index contributed by atoms with van der Waals surface area (Å²) in [6.07, 6.45) is 1.42. The van der Waals surface area contributed by atoms with Gasteiger partial charge in [0.2, 0.25) is 11.8 Å². The lowest BCUT2D eigenvalue weighted by molar-refractivity contribution is -0.138. The molecule has 1 fully saturated rings. The van der Waals surface area contributed by atoms with Crippen molar-refractivity contribution in [2.45, 2.75) is 31.6 Å². The van der Waals surface area contributed by atoms with E-state index in [4.69, 9.17) is 4.74 Å². The predicted molar refractivity (Wildman–Crippen MR) is 102 cm³/mol. The number of carbonyl (C=O) groups excluding carboxylic acids is 3. The number of imide groups is 1. The first-order valence-corrected chi connectivity index (χ1v) is 8.89. The minimum atomic E-state index is -0.705. The van der Waals surface area contributed by atoms with Gasteiger partial charge in [-0.25, -0.2) is 0 Å². The molecule has 140 valence electrons. The second kappa shape index (κ2) is 7.61. The summed E-state index contributed by atoms with van der Waals surface area (Å²) in [4.78, 5) is 36.3. The van der Waals surface area contributed by atoms with Crippen molar-refractivity contribution >= 4 is 23.4 Å². The van der Waals surface area contributed by atoms with Gasteiger partial charge in [0.05, 0.1) is 12.5 Å². The predicted octanol–water partition coefficient (Wildman–Crippen LogP) is 3.03. The van der Waals surface area contributed by atoms with Crippen LogP contribution in [-0.4, -0.2) is 24.8 Å². The molecule has 2 N–H and O–H groups in total. The van der Waals surface area contributed by atoms with E-state index in [9.17, 15) is 14.4 Å². The van der Waals surface area contributed by atoms with E-state index < -0.39 is 5.41 Å². The number of benzene rings is 2. The number of hydrogen-bond donors (Lipinski definition) is 2. The molecule has 0 spiro atoms. The van der Waals surface area contributed by atoms with E-state index in [0.717, 1.165) is 5.56 Å². The minimum absolute atomic E-state index is 0.230. The molecule has 0 aromatic heterocycles. The van der Waals surface area contributed by atoms with E-state index in [1.54, 1.807) is 43.5 Å². The van der Waals surface area contributed by atoms with Crippen LogP contribution in [0.15, 0.2) is 48.5 Å². The van der Waals surface area contributed by atoms with Gasteiger partial charge >= 0.3 is 0 Å². The van der Waals surface area contributed by atoms with Gasteiger partial charge in [0.1, 0.15) is 5.75 Å². The molecular formula is C21H22N2O4. The lowest BCUT2D eigenvalue weighted by Gasteiger charge is -2.35. The van der Waals surface area contributed by atoms with E-state index in [2.05, 4.69) is 10.6 Å². The van der Waals surface area contributed by atoms with Gasteiger partial charge < -0.3 is 10.1 Å². The van der Waals surface area contributed by atoms with Crippen LogP contribution in [0.1, 0.15) is 42.1 Å². The zero-order valence-electron chi connectivity index (χ0n) is 15.4. The van der Waals surface area contributed by atoms with E-state index in [-0.39, 0.29) is 17.7 Å². The van der Waals surface area contributed by atoms with Crippen molar-refractivity contribution in [2.24, 2.45) is 0 Å². The molecule has 27 heavy (non-hydrogen) atoms. The SMILES string of the molecule is CCC1(c2ccc(NC(=O)c3cccc(OC)c3)cc2)CCC(=O)NC1=O. The molecule has 3 amide bonds. The van der Waals surface area contributed by atoms with Gasteiger partial charge in [0, 0.05) is 17.7 Å². The maximum absolute atomic E-state index is 12.5. The largest absolute Gasteiger partial charge is 0.497 e. The van der Waals surface area contributed by atoms with Crippen LogP contribution in [0.5, 0.6) is 5.75 Å². The Labute approximate surface area is 157 Å². The van der Waals surface area contributed by atoms with Crippen molar-refractivity contribution < 1.29 is 19.1 Å². The lowest BCUT2D eigenvalue weighted by atomic mass is 9.72. The first kappa shape index (κ1) is 18.6. The maximum atomic E-state index is 12.5. The number of carbonyl (C=O) groups is 3. The van der Waals surface area contributed by atoms with Crippen LogP contribution < -0.4 is 15.4 Å². The number of amides is 3. The van der Waals surface area contributed by atoms with Crippen molar-refractivity contribution in [3.8, 4) is 5.75 Å². The third-order valence-corrected chi connectivity index (χ3v) is 5.10. The minimum Gasteiger partial charge on any atom is -0.497 e. The molecule has 0 radical (unpaired) electrons. The van der Waals surface area contributed by atoms with Crippen molar-refractivity contribution in [1.82, 2.24) is 5.32 Å². The Balaban J connectivity index is 1.77. The molecule has 0 bridgehead atoms. The summed E-state index contributed by atoms with van der Waals surface area (Å²) in [5, 5.41) is 5.28. The average molecular weight is 366 g/mol. The fourth-order valence-electron chi connectivity index (χ4n) is 3.41. The third-order valence-electron chi connectivity index (χ3n) is 5.10. The van der Waals surface area contributed by atoms with E-state index in [1.807, 2.05) is 19.1 Å². The van der Waals surface area contributed by atoms with Gasteiger partial charge in [-0.1, -0.05) is 25.1 Å². The smallest absolute Gasteiger partial charge is 0.255 e. The van der Waals surface area contributed by atoms with Crippen molar-refractivity contribution in [2.75, 3.05) is 12.4 Å². The summed E-state index contributed by atoms with van der Waals surface area (Å²) < 4.78 is 5.14. The standard InChI is InChI=1S/C21H22N2O4/c1-3-21(12-11-18(24)23-20(21)26)15-7-9-16(10-8-15)22-19(25)14-5-4-6-17(13-14)27-2/h4-10,13H,3,11-12H2,1-2H3,(H,22,25)(H,23,24,26). The molecule has 1 aliphatic heterocycles. The molecule has 3 rings (SSSR count). The Morgan fingerprint density at radius 3 is 2.56 bits per heavy atom. The van der Waals surface area contributed by atoms with E-state index in [0.29, 0.717) is 36.3 Å². The van der Waals surface area contributed by atoms with Crippen molar-refractivity contribution in [1.29, 1.82) is 0 Å². The Bertz CT molecular complexity index is 876. The first-order valence-electron chi connectivity index (χ1n) is 8.89. The van der Waals surface area contributed by atoms with Crippen LogP contribution in [0.25, 0.3) is 0 Å². The van der Waals surface area contributed by atoms with Gasteiger partial charge in [-0.15, -0.1) is 0 Å². The van der Waals surface area contributed by atoms with Crippen LogP contribution >= 0.6 is 0 Å². The Kier molecular flexibility index (Phi) is 5.26. The average Bonchev–Trinajstić information content (AvgIpc) is 2.69. The van der Waals surface area contributed by atoms with Gasteiger partial charge in [-0.2, -0.15) is 0 Å². The summed E-state index contributed by atoms with van der Waals surface area (Å²) in [5.41, 5.74) is 1.26. The molecule has 6 nitrogen and oxygen atoms in total. The van der Waals surface area contributed by atoms with Gasteiger partial charge in [0.25, 0.3) is 5.91 Å². The lowest BCUT2D eigenvalue weighted by Crippen LogP contribution is -2.51. The highest BCUT2D eigenvalue weighted by molar-refractivity contribution is 6.05. The molecule has 1 saturated heterocycles. The van der Waals surface area contributed by atoms with Crippen LogP contribution in [0.3, 0.4) is 0 Å². The Hall–Kier alpha value is -3.15. The molecule has 2 aromatic carbocycles. The van der Waals surface area contributed by atoms with Crippen molar-refractivity contribution in [3.63, 3.8) is 0 Å². The summed E-state index contributed by atoms with van der Waals surface area (Å²) in [6.45, 7) is 1.94. The number of piperidine rings is 1. The van der Waals surface area contributed by atoms with Crippen LogP contribution in [0.2, 0.25) is 0 Å². The summed E-state index contributed by atoms with van der Waals surface area (Å²) in [7, 11) is 1.55. The molecule has 0 saturated carbocycles. The molecule has 0 aliphatic carbocycles. The second-order valence-electron chi connectivity index (χ2n) is 6.58. The Morgan fingerprint density at radius 1 is 1.19 bits per heavy atom. The summed E-state index contributed by atoms with van der Waals surface area (Å²) in [5.74, 6) is -0.116. The number of anilines is 1. The molecular weight excluding hydrogens is 344 g/mol. The second-order valence-corrected chi connectivity index (χ2v) is 6.58. The molecule has 6 heteroatoms. The molecule has 1 atom stereocenters. The van der Waals surface area contributed by atoms with Gasteiger partial charge in [0.15, 0.2) is 0 Å². The highest BCUT2D eigenvalue weighted by Crippen LogP contribution is 2.36. The number of hydrogen-bond acceptors (Lipinski definition) is 4. The first-order chi connectivity index (χ1) is 13.0. The number of nitrogens with one attached hydrogen (secondary N) is 2. The van der Waals surface area contributed by atoms with Crippen LogP contribution in [0.4, 0.5) is 5.69 Å². The normalized spacial score (nSPS) is 19.3. The topological polar surface area (TPSA) is 84.5 Å². The van der Waals surface area contributed by atoms with Gasteiger partial charge in [-0.3, -0.25) is 19.7 Å². The van der Waals surface area contributed by atoms with Crippen LogP contribution in [-0.2, 0) is 15.0 Å². The number of ether oxygens (including phenoxy) is 1. The van der Waals surface area contributed by atoms with Crippen LogP contribution in [0, 0.1) is 0 Å². The fourth-order valence-corrected chi connectivity index (χ4v) is 3.41. The quantitative estimate of drug-likeness (QED) is 0.797. The van der Waals surface area contributed by atoms with Gasteiger partial charge in [-0.05, 0) is 48.7 Å². The molecule has 1 aliphatic rings. The van der Waals surface area contributed by atoms with Crippen molar-refractivity contribution in [3.05, 3.63) is 59.7 Å².